The zero-order valence-electron chi connectivity index (χ0n) is 12.8. The van der Waals surface area contributed by atoms with E-state index in [1.807, 2.05) is 0 Å². The minimum absolute atomic E-state index is 0.209. The van der Waals surface area contributed by atoms with Gasteiger partial charge < -0.3 is 10.2 Å². The summed E-state index contributed by atoms with van der Waals surface area (Å²) in [6, 6.07) is 10.3. The molecule has 0 aromatic heterocycles. The third kappa shape index (κ3) is 3.42. The smallest absolute Gasteiger partial charge is 0.254 e. The topological polar surface area (TPSA) is 49.4 Å². The molecule has 1 aliphatic rings. The number of halogens is 2. The van der Waals surface area contributed by atoms with Gasteiger partial charge in [0.15, 0.2) is 0 Å². The van der Waals surface area contributed by atoms with Gasteiger partial charge in [-0.05, 0) is 49.2 Å². The van der Waals surface area contributed by atoms with Gasteiger partial charge in [0, 0.05) is 17.8 Å². The minimum Gasteiger partial charge on any atom is -0.327 e. The van der Waals surface area contributed by atoms with E-state index in [4.69, 9.17) is 0 Å². The zero-order valence-corrected chi connectivity index (χ0v) is 12.8. The highest BCUT2D eigenvalue weighted by molar-refractivity contribution is 6.01. The van der Waals surface area contributed by atoms with Crippen molar-refractivity contribution >= 4 is 17.5 Å². The third-order valence-corrected chi connectivity index (χ3v) is 3.98. The lowest BCUT2D eigenvalue weighted by molar-refractivity contribution is -0.119. The van der Waals surface area contributed by atoms with Crippen molar-refractivity contribution in [2.75, 3.05) is 11.9 Å². The zero-order chi connectivity index (χ0) is 17.1. The fraction of sp³-hybridized carbons (Fsp3) is 0.222. The highest BCUT2D eigenvalue weighted by Crippen LogP contribution is 2.22. The molecule has 1 aliphatic heterocycles. The monoisotopic (exact) mass is 330 g/mol. The lowest BCUT2D eigenvalue weighted by Crippen LogP contribution is -2.43. The van der Waals surface area contributed by atoms with E-state index < -0.39 is 17.7 Å². The van der Waals surface area contributed by atoms with Crippen LogP contribution in [0.15, 0.2) is 48.5 Å². The molecule has 1 heterocycles. The summed E-state index contributed by atoms with van der Waals surface area (Å²) in [4.78, 5) is 26.4. The second kappa shape index (κ2) is 6.78. The molecule has 2 amide bonds. The Bertz CT molecular complexity index is 779. The van der Waals surface area contributed by atoms with Gasteiger partial charge in [0.25, 0.3) is 5.91 Å². The van der Waals surface area contributed by atoms with Crippen LogP contribution in [0.2, 0.25) is 0 Å². The number of carbonyl (C=O) groups excluding carboxylic acids is 2. The van der Waals surface area contributed by atoms with Crippen molar-refractivity contribution in [2.24, 2.45) is 0 Å². The molecule has 2 aromatic rings. The van der Waals surface area contributed by atoms with Gasteiger partial charge in [0.2, 0.25) is 5.91 Å². The van der Waals surface area contributed by atoms with Gasteiger partial charge in [0.1, 0.15) is 17.7 Å². The standard InChI is InChI=1S/C18H16F2N2O2/c19-13-5-1-4-12(10-13)18(24)22-9-3-8-16(22)17(23)21-15-7-2-6-14(20)11-15/h1-2,4-7,10-11,16H,3,8-9H2,(H,21,23)/t16-/m0/s1. The molecule has 0 radical (unpaired) electrons. The molecular weight excluding hydrogens is 314 g/mol. The number of likely N-dealkylation sites (tertiary alicyclic amines) is 1. The summed E-state index contributed by atoms with van der Waals surface area (Å²) in [6.07, 6.45) is 1.20. The lowest BCUT2D eigenvalue weighted by atomic mass is 10.1. The average molecular weight is 330 g/mol. The molecule has 0 saturated carbocycles. The van der Waals surface area contributed by atoms with E-state index in [9.17, 15) is 18.4 Å². The number of rotatable bonds is 3. The Morgan fingerprint density at radius 3 is 2.46 bits per heavy atom. The Kier molecular flexibility index (Phi) is 4.55. The van der Waals surface area contributed by atoms with E-state index >= 15 is 0 Å². The van der Waals surface area contributed by atoms with E-state index in [1.165, 1.54) is 41.3 Å². The molecule has 2 aromatic carbocycles. The molecule has 0 aliphatic carbocycles. The number of nitrogens with one attached hydrogen (secondary N) is 1. The second-order valence-corrected chi connectivity index (χ2v) is 5.67. The van der Waals surface area contributed by atoms with E-state index in [-0.39, 0.29) is 17.4 Å². The van der Waals surface area contributed by atoms with E-state index in [1.54, 1.807) is 6.07 Å². The molecule has 3 rings (SSSR count). The van der Waals surface area contributed by atoms with E-state index in [0.717, 1.165) is 6.07 Å². The molecule has 1 N–H and O–H groups in total. The Morgan fingerprint density at radius 2 is 1.75 bits per heavy atom. The van der Waals surface area contributed by atoms with Crippen LogP contribution in [0.5, 0.6) is 0 Å². The van der Waals surface area contributed by atoms with Gasteiger partial charge in [-0.3, -0.25) is 9.59 Å². The van der Waals surface area contributed by atoms with E-state index in [0.29, 0.717) is 25.1 Å². The predicted octanol–water partition coefficient (Wildman–Crippen LogP) is 3.21. The van der Waals surface area contributed by atoms with Crippen LogP contribution in [0.3, 0.4) is 0 Å². The van der Waals surface area contributed by atoms with Crippen LogP contribution in [0, 0.1) is 11.6 Å². The van der Waals surface area contributed by atoms with Gasteiger partial charge >= 0.3 is 0 Å². The number of anilines is 1. The van der Waals surface area contributed by atoms with Crippen molar-refractivity contribution in [1.82, 2.24) is 4.90 Å². The summed E-state index contributed by atoms with van der Waals surface area (Å²) in [5, 5.41) is 2.63. The van der Waals surface area contributed by atoms with Crippen LogP contribution < -0.4 is 5.32 Å². The summed E-state index contributed by atoms with van der Waals surface area (Å²) >= 11 is 0. The van der Waals surface area contributed by atoms with Crippen molar-refractivity contribution in [3.05, 3.63) is 65.7 Å². The van der Waals surface area contributed by atoms with Crippen molar-refractivity contribution in [2.45, 2.75) is 18.9 Å². The third-order valence-electron chi connectivity index (χ3n) is 3.98. The Balaban J connectivity index is 1.75. The number of benzene rings is 2. The fourth-order valence-corrected chi connectivity index (χ4v) is 2.86. The maximum absolute atomic E-state index is 13.3. The normalized spacial score (nSPS) is 16.9. The molecule has 4 nitrogen and oxygen atoms in total. The Labute approximate surface area is 138 Å². The van der Waals surface area contributed by atoms with Crippen molar-refractivity contribution in [1.29, 1.82) is 0 Å². The number of hydrogen-bond acceptors (Lipinski definition) is 2. The summed E-state index contributed by atoms with van der Waals surface area (Å²) in [6.45, 7) is 0.427. The van der Waals surface area contributed by atoms with Gasteiger partial charge in [-0.25, -0.2) is 8.78 Å². The molecular formula is C18H16F2N2O2. The molecule has 0 spiro atoms. The van der Waals surface area contributed by atoms with Crippen LogP contribution >= 0.6 is 0 Å². The summed E-state index contributed by atoms with van der Waals surface area (Å²) < 4.78 is 26.5. The Morgan fingerprint density at radius 1 is 1.04 bits per heavy atom. The largest absolute Gasteiger partial charge is 0.327 e. The average Bonchev–Trinajstić information content (AvgIpc) is 3.04. The highest BCUT2D eigenvalue weighted by Gasteiger charge is 2.34. The first-order valence-electron chi connectivity index (χ1n) is 7.67. The van der Waals surface area contributed by atoms with E-state index in [2.05, 4.69) is 5.32 Å². The molecule has 0 unspecified atom stereocenters. The maximum atomic E-state index is 13.3. The van der Waals surface area contributed by atoms with Gasteiger partial charge in [-0.2, -0.15) is 0 Å². The summed E-state index contributed by atoms with van der Waals surface area (Å²) in [5.41, 5.74) is 0.547. The SMILES string of the molecule is O=C(Nc1cccc(F)c1)[C@@H]1CCCN1C(=O)c1cccc(F)c1. The van der Waals surface area contributed by atoms with Gasteiger partial charge in [0.05, 0.1) is 0 Å². The van der Waals surface area contributed by atoms with Crippen molar-refractivity contribution < 1.29 is 18.4 Å². The van der Waals surface area contributed by atoms with Crippen LogP contribution in [0.4, 0.5) is 14.5 Å². The van der Waals surface area contributed by atoms with Crippen LogP contribution in [-0.2, 0) is 4.79 Å². The first-order valence-corrected chi connectivity index (χ1v) is 7.67. The van der Waals surface area contributed by atoms with Gasteiger partial charge in [-0.15, -0.1) is 0 Å². The minimum atomic E-state index is -0.649. The molecule has 1 saturated heterocycles. The fourth-order valence-electron chi connectivity index (χ4n) is 2.86. The highest BCUT2D eigenvalue weighted by atomic mass is 19.1. The summed E-state index contributed by atoms with van der Waals surface area (Å²) in [5.74, 6) is -1.71. The molecule has 24 heavy (non-hydrogen) atoms. The number of carbonyl (C=O) groups is 2. The first-order chi connectivity index (χ1) is 11.5. The van der Waals surface area contributed by atoms with Crippen molar-refractivity contribution in [3.63, 3.8) is 0 Å². The van der Waals surface area contributed by atoms with Crippen molar-refractivity contribution in [3.8, 4) is 0 Å². The maximum Gasteiger partial charge on any atom is 0.254 e. The van der Waals surface area contributed by atoms with Crippen LogP contribution in [0.1, 0.15) is 23.2 Å². The van der Waals surface area contributed by atoms with Crippen LogP contribution in [-0.4, -0.2) is 29.3 Å². The molecule has 0 bridgehead atoms. The Hall–Kier alpha value is -2.76. The number of amides is 2. The lowest BCUT2D eigenvalue weighted by Gasteiger charge is -2.24. The number of hydrogen-bond donors (Lipinski definition) is 1. The first kappa shape index (κ1) is 16.1. The summed E-state index contributed by atoms with van der Waals surface area (Å²) in [7, 11) is 0. The molecule has 1 fully saturated rings. The number of nitrogens with zero attached hydrogens (tertiary/aromatic N) is 1. The van der Waals surface area contributed by atoms with Crippen LogP contribution in [0.25, 0.3) is 0 Å². The molecule has 124 valence electrons. The predicted molar refractivity (Wildman–Crippen MR) is 85.5 cm³/mol. The quantitative estimate of drug-likeness (QED) is 0.939. The molecule has 1 atom stereocenters. The molecule has 6 heteroatoms. The second-order valence-electron chi connectivity index (χ2n) is 5.67. The van der Waals surface area contributed by atoms with Gasteiger partial charge in [-0.1, -0.05) is 12.1 Å².